The van der Waals surface area contributed by atoms with Crippen molar-refractivity contribution in [3.63, 3.8) is 0 Å². The zero-order chi connectivity index (χ0) is 13.0. The lowest BCUT2D eigenvalue weighted by Gasteiger charge is -2.11. The minimum atomic E-state index is 0.610. The van der Waals surface area contributed by atoms with E-state index in [1.54, 1.807) is 7.11 Å². The highest BCUT2D eigenvalue weighted by Gasteiger charge is 2.01. The molecule has 2 rings (SSSR count). The fourth-order valence-electron chi connectivity index (χ4n) is 1.84. The Bertz CT molecular complexity index is 538. The van der Waals surface area contributed by atoms with Crippen LogP contribution in [0.25, 0.3) is 0 Å². The van der Waals surface area contributed by atoms with Crippen molar-refractivity contribution in [2.75, 3.05) is 18.2 Å². The molecule has 3 nitrogen and oxygen atoms in total. The molecule has 94 valence electrons. The molecule has 0 heterocycles. The van der Waals surface area contributed by atoms with Gasteiger partial charge in [-0.3, -0.25) is 0 Å². The standard InChI is InChI=1S/C15H18N2O/c1-11-6-7-14(16)15(8-11)17-13-5-3-4-12(9-13)10-18-2/h3-9,17H,10,16H2,1-2H3. The maximum absolute atomic E-state index is 5.95. The number of nitrogens with one attached hydrogen (secondary N) is 1. The van der Waals surface area contributed by atoms with Crippen molar-refractivity contribution in [3.05, 3.63) is 53.6 Å². The molecule has 0 amide bonds. The number of ether oxygens (including phenoxy) is 1. The average Bonchev–Trinajstić information content (AvgIpc) is 2.35. The molecule has 0 aliphatic rings. The molecule has 0 spiro atoms. The zero-order valence-electron chi connectivity index (χ0n) is 10.7. The van der Waals surface area contributed by atoms with Gasteiger partial charge in [0.05, 0.1) is 18.0 Å². The Morgan fingerprint density at radius 2 is 2.00 bits per heavy atom. The van der Waals surface area contributed by atoms with Gasteiger partial charge in [-0.2, -0.15) is 0 Å². The van der Waals surface area contributed by atoms with Gasteiger partial charge in [-0.25, -0.2) is 0 Å². The summed E-state index contributed by atoms with van der Waals surface area (Å²) in [6.45, 7) is 2.66. The Labute approximate surface area is 108 Å². The highest BCUT2D eigenvalue weighted by atomic mass is 16.5. The van der Waals surface area contributed by atoms with Gasteiger partial charge in [-0.15, -0.1) is 0 Å². The van der Waals surface area contributed by atoms with Crippen LogP contribution in [0.2, 0.25) is 0 Å². The van der Waals surface area contributed by atoms with Crippen LogP contribution in [-0.2, 0) is 11.3 Å². The van der Waals surface area contributed by atoms with Gasteiger partial charge in [0.25, 0.3) is 0 Å². The number of anilines is 3. The molecular weight excluding hydrogens is 224 g/mol. The van der Waals surface area contributed by atoms with Gasteiger partial charge >= 0.3 is 0 Å². The molecule has 0 atom stereocenters. The third-order valence-electron chi connectivity index (χ3n) is 2.73. The van der Waals surface area contributed by atoms with E-state index in [4.69, 9.17) is 10.5 Å². The summed E-state index contributed by atoms with van der Waals surface area (Å²) < 4.78 is 5.12. The highest BCUT2D eigenvalue weighted by molar-refractivity contribution is 5.73. The molecule has 0 bridgehead atoms. The molecule has 0 fully saturated rings. The van der Waals surface area contributed by atoms with E-state index in [1.165, 1.54) is 5.56 Å². The van der Waals surface area contributed by atoms with Gasteiger partial charge in [0.1, 0.15) is 0 Å². The van der Waals surface area contributed by atoms with Crippen LogP contribution in [0.5, 0.6) is 0 Å². The SMILES string of the molecule is COCc1cccc(Nc2cc(C)ccc2N)c1. The smallest absolute Gasteiger partial charge is 0.0713 e. The van der Waals surface area contributed by atoms with Crippen LogP contribution in [0.4, 0.5) is 17.1 Å². The molecular formula is C15H18N2O. The van der Waals surface area contributed by atoms with E-state index in [0.29, 0.717) is 6.61 Å². The molecule has 2 aromatic rings. The van der Waals surface area contributed by atoms with E-state index in [1.807, 2.05) is 43.3 Å². The van der Waals surface area contributed by atoms with Crippen molar-refractivity contribution >= 4 is 17.1 Å². The maximum Gasteiger partial charge on any atom is 0.0713 e. The number of nitrogens with two attached hydrogens (primary N) is 1. The molecule has 0 unspecified atom stereocenters. The van der Waals surface area contributed by atoms with Crippen molar-refractivity contribution in [1.82, 2.24) is 0 Å². The zero-order valence-corrected chi connectivity index (χ0v) is 10.7. The number of benzene rings is 2. The van der Waals surface area contributed by atoms with E-state index in [0.717, 1.165) is 22.6 Å². The van der Waals surface area contributed by atoms with Crippen molar-refractivity contribution in [3.8, 4) is 0 Å². The monoisotopic (exact) mass is 242 g/mol. The van der Waals surface area contributed by atoms with E-state index < -0.39 is 0 Å². The van der Waals surface area contributed by atoms with Gasteiger partial charge in [0.15, 0.2) is 0 Å². The number of methoxy groups -OCH3 is 1. The van der Waals surface area contributed by atoms with Crippen LogP contribution in [0.3, 0.4) is 0 Å². The molecule has 0 aliphatic heterocycles. The van der Waals surface area contributed by atoms with Crippen LogP contribution < -0.4 is 11.1 Å². The summed E-state index contributed by atoms with van der Waals surface area (Å²) in [5, 5.41) is 3.33. The summed E-state index contributed by atoms with van der Waals surface area (Å²) in [6.07, 6.45) is 0. The first kappa shape index (κ1) is 12.5. The van der Waals surface area contributed by atoms with E-state index in [9.17, 15) is 0 Å². The molecule has 0 radical (unpaired) electrons. The van der Waals surface area contributed by atoms with E-state index in [2.05, 4.69) is 11.4 Å². The highest BCUT2D eigenvalue weighted by Crippen LogP contribution is 2.24. The van der Waals surface area contributed by atoms with Gasteiger partial charge in [0.2, 0.25) is 0 Å². The average molecular weight is 242 g/mol. The number of hydrogen-bond donors (Lipinski definition) is 2. The molecule has 2 aromatic carbocycles. The largest absolute Gasteiger partial charge is 0.397 e. The van der Waals surface area contributed by atoms with Crippen molar-refractivity contribution < 1.29 is 4.74 Å². The van der Waals surface area contributed by atoms with Crippen LogP contribution >= 0.6 is 0 Å². The lowest BCUT2D eigenvalue weighted by Crippen LogP contribution is -1.97. The second-order valence-corrected chi connectivity index (χ2v) is 4.35. The second kappa shape index (κ2) is 5.56. The van der Waals surface area contributed by atoms with Crippen LogP contribution in [-0.4, -0.2) is 7.11 Å². The number of hydrogen-bond acceptors (Lipinski definition) is 3. The summed E-state index contributed by atoms with van der Waals surface area (Å²) >= 11 is 0. The van der Waals surface area contributed by atoms with Crippen molar-refractivity contribution in [2.45, 2.75) is 13.5 Å². The molecule has 3 heteroatoms. The van der Waals surface area contributed by atoms with Crippen molar-refractivity contribution in [2.24, 2.45) is 0 Å². The minimum absolute atomic E-state index is 0.610. The van der Waals surface area contributed by atoms with Gasteiger partial charge in [-0.1, -0.05) is 18.2 Å². The number of nitrogen functional groups attached to an aromatic ring is 1. The predicted octanol–water partition coefficient (Wildman–Crippen LogP) is 3.47. The molecule has 3 N–H and O–H groups in total. The minimum Gasteiger partial charge on any atom is -0.397 e. The van der Waals surface area contributed by atoms with E-state index >= 15 is 0 Å². The maximum atomic E-state index is 5.95. The summed E-state index contributed by atoms with van der Waals surface area (Å²) in [4.78, 5) is 0. The summed E-state index contributed by atoms with van der Waals surface area (Å²) in [7, 11) is 1.69. The lowest BCUT2D eigenvalue weighted by atomic mass is 10.1. The first-order valence-electron chi connectivity index (χ1n) is 5.90. The third-order valence-corrected chi connectivity index (χ3v) is 2.73. The lowest BCUT2D eigenvalue weighted by molar-refractivity contribution is 0.185. The fourth-order valence-corrected chi connectivity index (χ4v) is 1.84. The fraction of sp³-hybridized carbons (Fsp3) is 0.200. The summed E-state index contributed by atoms with van der Waals surface area (Å²) in [6, 6.07) is 14.1. The quantitative estimate of drug-likeness (QED) is 0.807. The second-order valence-electron chi connectivity index (χ2n) is 4.35. The number of aryl methyl sites for hydroxylation is 1. The summed E-state index contributed by atoms with van der Waals surface area (Å²) in [5.74, 6) is 0. The Balaban J connectivity index is 2.22. The van der Waals surface area contributed by atoms with Crippen molar-refractivity contribution in [1.29, 1.82) is 0 Å². The normalized spacial score (nSPS) is 10.3. The Morgan fingerprint density at radius 3 is 2.78 bits per heavy atom. The summed E-state index contributed by atoms with van der Waals surface area (Å²) in [5.41, 5.74) is 11.0. The Morgan fingerprint density at radius 1 is 1.17 bits per heavy atom. The van der Waals surface area contributed by atoms with Gasteiger partial charge in [0, 0.05) is 12.8 Å². The first-order valence-corrected chi connectivity index (χ1v) is 5.90. The van der Waals surface area contributed by atoms with Crippen LogP contribution in [0.1, 0.15) is 11.1 Å². The van der Waals surface area contributed by atoms with Gasteiger partial charge in [-0.05, 0) is 42.3 Å². The molecule has 0 aliphatic carbocycles. The Hall–Kier alpha value is -2.00. The van der Waals surface area contributed by atoms with Crippen LogP contribution in [0.15, 0.2) is 42.5 Å². The Kier molecular flexibility index (Phi) is 3.85. The topological polar surface area (TPSA) is 47.3 Å². The van der Waals surface area contributed by atoms with Crippen LogP contribution in [0, 0.1) is 6.92 Å². The predicted molar refractivity (Wildman–Crippen MR) is 76.0 cm³/mol. The molecule has 0 saturated heterocycles. The van der Waals surface area contributed by atoms with Gasteiger partial charge < -0.3 is 15.8 Å². The molecule has 0 saturated carbocycles. The third kappa shape index (κ3) is 3.02. The first-order chi connectivity index (χ1) is 8.69. The van der Waals surface area contributed by atoms with E-state index in [-0.39, 0.29) is 0 Å². The molecule has 18 heavy (non-hydrogen) atoms. The molecule has 0 aromatic heterocycles. The number of rotatable bonds is 4.